The van der Waals surface area contributed by atoms with E-state index in [0.717, 1.165) is 0 Å². The number of likely N-dealkylation sites (N-methyl/N-ethyl adjacent to an activating group) is 1. The first kappa shape index (κ1) is 10.1. The molecule has 1 aromatic heterocycles. The fourth-order valence-corrected chi connectivity index (χ4v) is 3.51. The Morgan fingerprint density at radius 1 is 1.25 bits per heavy atom. The standard InChI is InChI=1S/C14H15NS/c1-15-14(13-7-4-8-16-13)12-9-10-5-2-3-6-11(10)12/h2-8,12,14-15H,9H2,1H3. The van der Waals surface area contributed by atoms with Crippen LogP contribution in [0.5, 0.6) is 0 Å². The quantitative estimate of drug-likeness (QED) is 0.851. The Hall–Kier alpha value is -1.12. The van der Waals surface area contributed by atoms with Crippen molar-refractivity contribution in [2.75, 3.05) is 7.05 Å². The minimum Gasteiger partial charge on any atom is -0.312 e. The summed E-state index contributed by atoms with van der Waals surface area (Å²) in [4.78, 5) is 1.45. The summed E-state index contributed by atoms with van der Waals surface area (Å²) in [5.41, 5.74) is 3.04. The van der Waals surface area contributed by atoms with E-state index in [4.69, 9.17) is 0 Å². The zero-order valence-corrected chi connectivity index (χ0v) is 10.1. The average molecular weight is 229 g/mol. The molecule has 2 unspecified atom stereocenters. The SMILES string of the molecule is CNC(c1cccs1)C1Cc2ccccc21. The van der Waals surface area contributed by atoms with Crippen molar-refractivity contribution in [2.24, 2.45) is 0 Å². The fourth-order valence-electron chi connectivity index (χ4n) is 2.60. The molecule has 1 nitrogen and oxygen atoms in total. The van der Waals surface area contributed by atoms with Gasteiger partial charge in [0.15, 0.2) is 0 Å². The molecule has 0 fully saturated rings. The second kappa shape index (κ2) is 4.04. The number of thiophene rings is 1. The van der Waals surface area contributed by atoms with Crippen LogP contribution in [-0.4, -0.2) is 7.05 Å². The predicted molar refractivity (Wildman–Crippen MR) is 69.0 cm³/mol. The highest BCUT2D eigenvalue weighted by molar-refractivity contribution is 7.10. The molecular weight excluding hydrogens is 214 g/mol. The lowest BCUT2D eigenvalue weighted by atomic mass is 9.73. The first-order valence-electron chi connectivity index (χ1n) is 5.68. The van der Waals surface area contributed by atoms with Crippen molar-refractivity contribution in [3.05, 3.63) is 57.8 Å². The van der Waals surface area contributed by atoms with Gasteiger partial charge in [0, 0.05) is 16.8 Å². The molecule has 0 bridgehead atoms. The molecule has 2 aromatic rings. The molecule has 16 heavy (non-hydrogen) atoms. The Labute approximate surface area is 100 Å². The molecule has 0 saturated carbocycles. The number of hydrogen-bond donors (Lipinski definition) is 1. The highest BCUT2D eigenvalue weighted by Crippen LogP contribution is 2.44. The summed E-state index contributed by atoms with van der Waals surface area (Å²) in [7, 11) is 2.06. The van der Waals surface area contributed by atoms with Gasteiger partial charge in [-0.3, -0.25) is 0 Å². The minimum atomic E-state index is 0.481. The van der Waals surface area contributed by atoms with E-state index in [0.29, 0.717) is 12.0 Å². The van der Waals surface area contributed by atoms with Gasteiger partial charge in [0.05, 0.1) is 0 Å². The van der Waals surface area contributed by atoms with Crippen LogP contribution in [-0.2, 0) is 6.42 Å². The Morgan fingerprint density at radius 3 is 2.81 bits per heavy atom. The second-order valence-corrected chi connectivity index (χ2v) is 5.27. The van der Waals surface area contributed by atoms with Crippen molar-refractivity contribution >= 4 is 11.3 Å². The van der Waals surface area contributed by atoms with Crippen LogP contribution in [0.15, 0.2) is 41.8 Å². The largest absolute Gasteiger partial charge is 0.312 e. The first-order valence-corrected chi connectivity index (χ1v) is 6.56. The van der Waals surface area contributed by atoms with E-state index in [-0.39, 0.29) is 0 Å². The number of benzene rings is 1. The zero-order chi connectivity index (χ0) is 11.0. The highest BCUT2D eigenvalue weighted by Gasteiger charge is 2.33. The van der Waals surface area contributed by atoms with Crippen LogP contribution in [0.4, 0.5) is 0 Å². The van der Waals surface area contributed by atoms with E-state index in [2.05, 4.69) is 54.1 Å². The Morgan fingerprint density at radius 2 is 2.12 bits per heavy atom. The summed E-state index contributed by atoms with van der Waals surface area (Å²) in [6.45, 7) is 0. The molecule has 0 aliphatic heterocycles. The summed E-state index contributed by atoms with van der Waals surface area (Å²) in [6.07, 6.45) is 1.21. The Kier molecular flexibility index (Phi) is 2.54. The Balaban J connectivity index is 1.90. The van der Waals surface area contributed by atoms with Gasteiger partial charge in [0.25, 0.3) is 0 Å². The normalized spacial score (nSPS) is 19.9. The monoisotopic (exact) mass is 229 g/mol. The topological polar surface area (TPSA) is 12.0 Å². The molecule has 0 radical (unpaired) electrons. The second-order valence-electron chi connectivity index (χ2n) is 4.29. The smallest absolute Gasteiger partial charge is 0.0485 e. The minimum absolute atomic E-state index is 0.481. The van der Waals surface area contributed by atoms with Crippen LogP contribution < -0.4 is 5.32 Å². The predicted octanol–water partition coefficient (Wildman–Crippen LogP) is 3.35. The van der Waals surface area contributed by atoms with Gasteiger partial charge in [0.2, 0.25) is 0 Å². The molecule has 1 heterocycles. The lowest BCUT2D eigenvalue weighted by molar-refractivity contribution is 0.445. The van der Waals surface area contributed by atoms with Gasteiger partial charge in [0.1, 0.15) is 0 Å². The number of hydrogen-bond acceptors (Lipinski definition) is 2. The van der Waals surface area contributed by atoms with Crippen molar-refractivity contribution < 1.29 is 0 Å². The third kappa shape index (κ3) is 1.49. The van der Waals surface area contributed by atoms with Gasteiger partial charge < -0.3 is 5.32 Å². The molecular formula is C14H15NS. The van der Waals surface area contributed by atoms with E-state index in [1.54, 1.807) is 0 Å². The van der Waals surface area contributed by atoms with Crippen molar-refractivity contribution in [3.8, 4) is 0 Å². The van der Waals surface area contributed by atoms with Crippen LogP contribution in [0.1, 0.15) is 28.0 Å². The molecule has 0 spiro atoms. The fraction of sp³-hybridized carbons (Fsp3) is 0.286. The third-order valence-electron chi connectivity index (χ3n) is 3.46. The molecule has 82 valence electrons. The van der Waals surface area contributed by atoms with Gasteiger partial charge in [-0.15, -0.1) is 11.3 Å². The van der Waals surface area contributed by atoms with Gasteiger partial charge in [-0.2, -0.15) is 0 Å². The molecule has 0 saturated heterocycles. The molecule has 1 aliphatic carbocycles. The average Bonchev–Trinajstić information content (AvgIpc) is 2.79. The van der Waals surface area contributed by atoms with E-state index in [9.17, 15) is 0 Å². The maximum absolute atomic E-state index is 3.46. The van der Waals surface area contributed by atoms with Crippen molar-refractivity contribution in [1.82, 2.24) is 5.32 Å². The third-order valence-corrected chi connectivity index (χ3v) is 4.41. The van der Waals surface area contributed by atoms with Crippen molar-refractivity contribution in [2.45, 2.75) is 18.4 Å². The van der Waals surface area contributed by atoms with Crippen LogP contribution in [0.3, 0.4) is 0 Å². The van der Waals surface area contributed by atoms with Crippen molar-refractivity contribution in [3.63, 3.8) is 0 Å². The molecule has 2 heteroatoms. The molecule has 2 atom stereocenters. The number of fused-ring (bicyclic) bond motifs is 1. The molecule has 3 rings (SSSR count). The summed E-state index contributed by atoms with van der Waals surface area (Å²) >= 11 is 1.85. The van der Waals surface area contributed by atoms with Gasteiger partial charge >= 0.3 is 0 Å². The highest BCUT2D eigenvalue weighted by atomic mass is 32.1. The summed E-state index contributed by atoms with van der Waals surface area (Å²) in [6, 6.07) is 13.6. The van der Waals surface area contributed by atoms with Crippen LogP contribution in [0.25, 0.3) is 0 Å². The van der Waals surface area contributed by atoms with E-state index in [1.165, 1.54) is 22.4 Å². The lowest BCUT2D eigenvalue weighted by Gasteiger charge is -2.36. The Bertz CT molecular complexity index is 475. The summed E-state index contributed by atoms with van der Waals surface area (Å²) in [5.74, 6) is 0.653. The lowest BCUT2D eigenvalue weighted by Crippen LogP contribution is -2.30. The maximum atomic E-state index is 3.46. The molecule has 1 aromatic carbocycles. The molecule has 1 aliphatic rings. The summed E-state index contributed by atoms with van der Waals surface area (Å²) < 4.78 is 0. The van der Waals surface area contributed by atoms with Crippen molar-refractivity contribution in [1.29, 1.82) is 0 Å². The molecule has 0 amide bonds. The zero-order valence-electron chi connectivity index (χ0n) is 9.31. The molecule has 1 N–H and O–H groups in total. The number of rotatable bonds is 3. The van der Waals surface area contributed by atoms with E-state index in [1.807, 2.05) is 11.3 Å². The summed E-state index contributed by atoms with van der Waals surface area (Å²) in [5, 5.41) is 5.61. The maximum Gasteiger partial charge on any atom is 0.0485 e. The van der Waals surface area contributed by atoms with E-state index < -0.39 is 0 Å². The van der Waals surface area contributed by atoms with Crippen LogP contribution in [0, 0.1) is 0 Å². The first-order chi connectivity index (χ1) is 7.90. The van der Waals surface area contributed by atoms with E-state index >= 15 is 0 Å². The van der Waals surface area contributed by atoms with Gasteiger partial charge in [-0.05, 0) is 36.0 Å². The van der Waals surface area contributed by atoms with Crippen LogP contribution in [0.2, 0.25) is 0 Å². The number of nitrogens with one attached hydrogen (secondary N) is 1. The van der Waals surface area contributed by atoms with Gasteiger partial charge in [-0.1, -0.05) is 30.3 Å². The van der Waals surface area contributed by atoms with Gasteiger partial charge in [-0.25, -0.2) is 0 Å². The van der Waals surface area contributed by atoms with Crippen LogP contribution >= 0.6 is 11.3 Å².